The van der Waals surface area contributed by atoms with Crippen LogP contribution >= 0.6 is 27.5 Å². The number of hydrogen-bond donors (Lipinski definition) is 2. The van der Waals surface area contributed by atoms with E-state index in [0.29, 0.717) is 12.8 Å². The van der Waals surface area contributed by atoms with E-state index in [0.717, 1.165) is 10.4 Å². The van der Waals surface area contributed by atoms with Gasteiger partial charge in [0.2, 0.25) is 10.0 Å². The van der Waals surface area contributed by atoms with Gasteiger partial charge < -0.3 is 10.8 Å². The Kier molecular flexibility index (Phi) is 4.60. The average molecular weight is 388 g/mol. The lowest BCUT2D eigenvalue weighted by molar-refractivity contribution is 0.113. The summed E-state index contributed by atoms with van der Waals surface area (Å²) in [6.07, 6.45) is 0.117. The van der Waals surface area contributed by atoms with Gasteiger partial charge in [0.15, 0.2) is 5.82 Å². The Hall–Kier alpha value is -0.410. The van der Waals surface area contributed by atoms with Gasteiger partial charge in [-0.15, -0.1) is 0 Å². The average Bonchev–Trinajstić information content (AvgIpc) is 2.41. The van der Waals surface area contributed by atoms with Gasteiger partial charge in [-0.25, -0.2) is 12.8 Å². The van der Waals surface area contributed by atoms with Crippen LogP contribution in [0.3, 0.4) is 0 Å². The van der Waals surface area contributed by atoms with Gasteiger partial charge >= 0.3 is 0 Å². The molecule has 0 unspecified atom stereocenters. The molecule has 1 fully saturated rings. The van der Waals surface area contributed by atoms with Crippen molar-refractivity contribution in [3.8, 4) is 0 Å². The van der Waals surface area contributed by atoms with Crippen LogP contribution in [0.25, 0.3) is 0 Å². The second kappa shape index (κ2) is 5.76. The number of aliphatic hydroxyl groups is 1. The van der Waals surface area contributed by atoms with E-state index in [1.807, 2.05) is 0 Å². The molecule has 3 N–H and O–H groups in total. The number of halogens is 3. The standard InChI is InChI=1S/C11H13BrClFN2O3S/c12-9-7(13)5-8(10(14)11(9)15)20(18,19)16-3-1-6(17)2-4-16/h5-6,17H,1-4,15H2. The van der Waals surface area contributed by atoms with Crippen LogP contribution in [0, 0.1) is 5.82 Å². The van der Waals surface area contributed by atoms with E-state index < -0.39 is 26.8 Å². The minimum atomic E-state index is -4.02. The number of sulfonamides is 1. The maximum absolute atomic E-state index is 14.1. The number of nitrogen functional groups attached to an aromatic ring is 1. The first-order valence-corrected chi connectivity index (χ1v) is 8.47. The summed E-state index contributed by atoms with van der Waals surface area (Å²) >= 11 is 8.84. The monoisotopic (exact) mass is 386 g/mol. The highest BCUT2D eigenvalue weighted by atomic mass is 79.9. The second-order valence-corrected chi connectivity index (χ2v) is 7.64. The lowest BCUT2D eigenvalue weighted by Gasteiger charge is -2.29. The fourth-order valence-electron chi connectivity index (χ4n) is 2.01. The number of piperidine rings is 1. The van der Waals surface area contributed by atoms with Gasteiger partial charge in [0.25, 0.3) is 0 Å². The predicted octanol–water partition coefficient (Wildman–Crippen LogP) is 1.97. The Labute approximate surface area is 129 Å². The maximum atomic E-state index is 14.1. The van der Waals surface area contributed by atoms with E-state index >= 15 is 0 Å². The highest BCUT2D eigenvalue weighted by Crippen LogP contribution is 2.36. The van der Waals surface area contributed by atoms with Crippen molar-refractivity contribution in [2.24, 2.45) is 0 Å². The van der Waals surface area contributed by atoms with Crippen LogP contribution in [-0.2, 0) is 10.0 Å². The summed E-state index contributed by atoms with van der Waals surface area (Å²) in [5.74, 6) is -1.02. The molecule has 2 rings (SSSR count). The normalized spacial score (nSPS) is 18.4. The fourth-order valence-corrected chi connectivity index (χ4v) is 4.15. The third kappa shape index (κ3) is 2.80. The largest absolute Gasteiger partial charge is 0.395 e. The summed E-state index contributed by atoms with van der Waals surface area (Å²) in [4.78, 5) is -0.542. The third-order valence-electron chi connectivity index (χ3n) is 3.20. The zero-order valence-electron chi connectivity index (χ0n) is 10.3. The summed E-state index contributed by atoms with van der Waals surface area (Å²) < 4.78 is 40.2. The number of aliphatic hydroxyl groups excluding tert-OH is 1. The molecule has 0 atom stereocenters. The Morgan fingerprint density at radius 1 is 1.45 bits per heavy atom. The smallest absolute Gasteiger partial charge is 0.246 e. The lowest BCUT2D eigenvalue weighted by Crippen LogP contribution is -2.40. The minimum absolute atomic E-state index is 0.0273. The van der Waals surface area contributed by atoms with E-state index in [4.69, 9.17) is 17.3 Å². The molecule has 5 nitrogen and oxygen atoms in total. The molecular formula is C11H13BrClFN2O3S. The Balaban J connectivity index is 2.45. The molecular weight excluding hydrogens is 375 g/mol. The second-order valence-electron chi connectivity index (χ2n) is 4.53. The van der Waals surface area contributed by atoms with Crippen molar-refractivity contribution in [3.05, 3.63) is 21.4 Å². The van der Waals surface area contributed by atoms with E-state index in [9.17, 15) is 17.9 Å². The Morgan fingerprint density at radius 2 is 2.00 bits per heavy atom. The number of anilines is 1. The molecule has 0 aromatic heterocycles. The van der Waals surface area contributed by atoms with Crippen LogP contribution in [-0.4, -0.2) is 37.0 Å². The summed E-state index contributed by atoms with van der Waals surface area (Å²) in [5, 5.41) is 9.43. The Bertz CT molecular complexity index is 633. The molecule has 9 heteroatoms. The first-order valence-electron chi connectivity index (χ1n) is 5.86. The zero-order chi connectivity index (χ0) is 15.1. The van der Waals surface area contributed by atoms with Gasteiger partial charge in [0.1, 0.15) is 4.90 Å². The quantitative estimate of drug-likeness (QED) is 0.600. The number of nitrogens with zero attached hydrogens (tertiary/aromatic N) is 1. The summed E-state index contributed by atoms with van der Waals surface area (Å²) in [6.45, 7) is 0.271. The highest BCUT2D eigenvalue weighted by molar-refractivity contribution is 9.10. The van der Waals surface area contributed by atoms with E-state index in [1.54, 1.807) is 0 Å². The molecule has 0 bridgehead atoms. The van der Waals surface area contributed by atoms with Crippen molar-refractivity contribution in [2.45, 2.75) is 23.8 Å². The van der Waals surface area contributed by atoms with Crippen molar-refractivity contribution in [2.75, 3.05) is 18.8 Å². The van der Waals surface area contributed by atoms with Gasteiger partial charge in [0, 0.05) is 13.1 Å². The molecule has 0 amide bonds. The van der Waals surface area contributed by atoms with Crippen LogP contribution < -0.4 is 5.73 Å². The summed E-state index contributed by atoms with van der Waals surface area (Å²) in [7, 11) is -4.02. The first kappa shape index (κ1) is 16.0. The van der Waals surface area contributed by atoms with Crippen molar-refractivity contribution >= 4 is 43.2 Å². The topological polar surface area (TPSA) is 83.6 Å². The zero-order valence-corrected chi connectivity index (χ0v) is 13.5. The number of hydrogen-bond acceptors (Lipinski definition) is 4. The molecule has 1 heterocycles. The van der Waals surface area contributed by atoms with Gasteiger partial charge in [-0.2, -0.15) is 4.31 Å². The molecule has 1 saturated heterocycles. The molecule has 112 valence electrons. The fraction of sp³-hybridized carbons (Fsp3) is 0.455. The molecule has 1 aromatic carbocycles. The van der Waals surface area contributed by atoms with Crippen LogP contribution in [0.15, 0.2) is 15.4 Å². The highest BCUT2D eigenvalue weighted by Gasteiger charge is 2.32. The maximum Gasteiger partial charge on any atom is 0.246 e. The van der Waals surface area contributed by atoms with Gasteiger partial charge in [-0.1, -0.05) is 11.6 Å². The van der Waals surface area contributed by atoms with E-state index in [2.05, 4.69) is 15.9 Å². The first-order chi connectivity index (χ1) is 9.25. The van der Waals surface area contributed by atoms with Gasteiger partial charge in [-0.3, -0.25) is 0 Å². The lowest BCUT2D eigenvalue weighted by atomic mass is 10.1. The number of benzene rings is 1. The third-order valence-corrected chi connectivity index (χ3v) is 6.48. The van der Waals surface area contributed by atoms with Crippen molar-refractivity contribution < 1.29 is 17.9 Å². The van der Waals surface area contributed by atoms with Crippen molar-refractivity contribution in [3.63, 3.8) is 0 Å². The molecule has 1 aliphatic heterocycles. The molecule has 0 saturated carbocycles. The van der Waals surface area contributed by atoms with Crippen LogP contribution in [0.5, 0.6) is 0 Å². The SMILES string of the molecule is Nc1c(F)c(S(=O)(=O)N2CCC(O)CC2)cc(Cl)c1Br. The molecule has 20 heavy (non-hydrogen) atoms. The number of nitrogens with two attached hydrogens (primary N) is 1. The van der Waals surface area contributed by atoms with Gasteiger partial charge in [0.05, 0.1) is 21.3 Å². The number of rotatable bonds is 2. The van der Waals surface area contributed by atoms with Gasteiger partial charge in [-0.05, 0) is 34.8 Å². The van der Waals surface area contributed by atoms with E-state index in [-0.39, 0.29) is 28.3 Å². The summed E-state index contributed by atoms with van der Waals surface area (Å²) in [6, 6.07) is 1.04. The Morgan fingerprint density at radius 3 is 2.55 bits per heavy atom. The molecule has 1 aromatic rings. The van der Waals surface area contributed by atoms with Crippen molar-refractivity contribution in [1.29, 1.82) is 0 Å². The van der Waals surface area contributed by atoms with Crippen molar-refractivity contribution in [1.82, 2.24) is 4.31 Å². The molecule has 0 radical (unpaired) electrons. The van der Waals surface area contributed by atoms with Crippen LogP contribution in [0.1, 0.15) is 12.8 Å². The van der Waals surface area contributed by atoms with Crippen LogP contribution in [0.4, 0.5) is 10.1 Å². The predicted molar refractivity (Wildman–Crippen MR) is 77.5 cm³/mol. The van der Waals surface area contributed by atoms with E-state index in [1.165, 1.54) is 0 Å². The molecule has 0 aliphatic carbocycles. The minimum Gasteiger partial charge on any atom is -0.395 e. The summed E-state index contributed by atoms with van der Waals surface area (Å²) in [5.41, 5.74) is 5.16. The van der Waals surface area contributed by atoms with Crippen LogP contribution in [0.2, 0.25) is 5.02 Å². The molecule has 0 spiro atoms. The molecule has 1 aliphatic rings.